The standard InChI is InChI=1S/C17H33N3O2.ClH/c1-3-22-12-4-10-20-11-7-16(14(2)13-20)19-17(21)15-5-8-18-9-6-15;/h14-16,18H,3-13H2,1-2H3,(H,19,21);1H. The fraction of sp³-hybridized carbons (Fsp3) is 0.941. The van der Waals surface area contributed by atoms with Crippen LogP contribution in [0.5, 0.6) is 0 Å². The number of carbonyl (C=O) groups is 1. The molecule has 2 N–H and O–H groups in total. The molecular weight excluding hydrogens is 314 g/mol. The minimum Gasteiger partial charge on any atom is -0.382 e. The molecule has 2 unspecified atom stereocenters. The normalized spacial score (nSPS) is 26.5. The highest BCUT2D eigenvalue weighted by Crippen LogP contribution is 2.19. The number of piperidine rings is 2. The summed E-state index contributed by atoms with van der Waals surface area (Å²) in [7, 11) is 0. The zero-order valence-corrected chi connectivity index (χ0v) is 15.5. The molecule has 2 rings (SSSR count). The fourth-order valence-electron chi connectivity index (χ4n) is 3.57. The van der Waals surface area contributed by atoms with Crippen LogP contribution in [0.25, 0.3) is 0 Å². The third-order valence-electron chi connectivity index (χ3n) is 4.99. The van der Waals surface area contributed by atoms with E-state index in [1.807, 2.05) is 6.92 Å². The molecule has 0 bridgehead atoms. The Morgan fingerprint density at radius 1 is 1.30 bits per heavy atom. The number of amides is 1. The highest BCUT2D eigenvalue weighted by atomic mass is 35.5. The summed E-state index contributed by atoms with van der Waals surface area (Å²) >= 11 is 0. The van der Waals surface area contributed by atoms with Crippen LogP contribution in [0.1, 0.15) is 39.5 Å². The van der Waals surface area contributed by atoms with E-state index in [9.17, 15) is 4.79 Å². The van der Waals surface area contributed by atoms with Crippen LogP contribution in [-0.4, -0.2) is 62.8 Å². The molecule has 2 aliphatic heterocycles. The average Bonchev–Trinajstić information content (AvgIpc) is 2.55. The topological polar surface area (TPSA) is 53.6 Å². The lowest BCUT2D eigenvalue weighted by Gasteiger charge is -2.38. The number of hydrogen-bond acceptors (Lipinski definition) is 4. The Labute approximate surface area is 147 Å². The second-order valence-electron chi connectivity index (χ2n) is 6.76. The Morgan fingerprint density at radius 2 is 2.04 bits per heavy atom. The molecule has 1 amide bonds. The molecule has 2 heterocycles. The maximum absolute atomic E-state index is 12.4. The molecule has 0 saturated carbocycles. The lowest BCUT2D eigenvalue weighted by Crippen LogP contribution is -2.52. The van der Waals surface area contributed by atoms with Crippen LogP contribution in [0.4, 0.5) is 0 Å². The van der Waals surface area contributed by atoms with E-state index in [4.69, 9.17) is 4.74 Å². The van der Waals surface area contributed by atoms with Gasteiger partial charge in [-0.2, -0.15) is 0 Å². The Kier molecular flexibility index (Phi) is 10.1. The first kappa shape index (κ1) is 20.7. The van der Waals surface area contributed by atoms with Gasteiger partial charge in [0, 0.05) is 44.8 Å². The van der Waals surface area contributed by atoms with Gasteiger partial charge in [-0.25, -0.2) is 0 Å². The summed E-state index contributed by atoms with van der Waals surface area (Å²) in [4.78, 5) is 14.9. The third-order valence-corrected chi connectivity index (χ3v) is 4.99. The lowest BCUT2D eigenvalue weighted by atomic mass is 9.91. The highest BCUT2D eigenvalue weighted by Gasteiger charge is 2.29. The maximum Gasteiger partial charge on any atom is 0.223 e. The van der Waals surface area contributed by atoms with E-state index in [0.717, 1.165) is 71.6 Å². The molecule has 2 fully saturated rings. The van der Waals surface area contributed by atoms with Gasteiger partial charge in [-0.1, -0.05) is 6.92 Å². The Morgan fingerprint density at radius 3 is 2.70 bits per heavy atom. The van der Waals surface area contributed by atoms with Gasteiger partial charge >= 0.3 is 0 Å². The van der Waals surface area contributed by atoms with E-state index >= 15 is 0 Å². The van der Waals surface area contributed by atoms with Crippen molar-refractivity contribution in [2.24, 2.45) is 11.8 Å². The van der Waals surface area contributed by atoms with E-state index in [0.29, 0.717) is 12.0 Å². The second-order valence-corrected chi connectivity index (χ2v) is 6.76. The predicted octanol–water partition coefficient (Wildman–Crippen LogP) is 1.66. The summed E-state index contributed by atoms with van der Waals surface area (Å²) in [5.41, 5.74) is 0. The molecule has 23 heavy (non-hydrogen) atoms. The van der Waals surface area contributed by atoms with E-state index in [-0.39, 0.29) is 24.2 Å². The van der Waals surface area contributed by atoms with Crippen LogP contribution in [0.2, 0.25) is 0 Å². The SMILES string of the molecule is CCOCCCN1CCC(NC(=O)C2CCNCC2)C(C)C1.Cl. The number of halogens is 1. The zero-order valence-electron chi connectivity index (χ0n) is 14.7. The second kappa shape index (κ2) is 11.2. The monoisotopic (exact) mass is 347 g/mol. The molecular formula is C17H34ClN3O2. The summed E-state index contributed by atoms with van der Waals surface area (Å²) < 4.78 is 5.40. The van der Waals surface area contributed by atoms with Crippen LogP contribution in [0.15, 0.2) is 0 Å². The minimum absolute atomic E-state index is 0. The van der Waals surface area contributed by atoms with E-state index < -0.39 is 0 Å². The lowest BCUT2D eigenvalue weighted by molar-refractivity contribution is -0.127. The van der Waals surface area contributed by atoms with Crippen molar-refractivity contribution in [2.75, 3.05) is 45.9 Å². The van der Waals surface area contributed by atoms with Crippen LogP contribution >= 0.6 is 12.4 Å². The summed E-state index contributed by atoms with van der Waals surface area (Å²) in [6, 6.07) is 0.352. The van der Waals surface area contributed by atoms with Gasteiger partial charge < -0.3 is 20.3 Å². The first-order valence-electron chi connectivity index (χ1n) is 9.02. The molecule has 2 atom stereocenters. The first-order chi connectivity index (χ1) is 10.7. The summed E-state index contributed by atoms with van der Waals surface area (Å²) in [5, 5.41) is 6.64. The van der Waals surface area contributed by atoms with Gasteiger partial charge in [0.2, 0.25) is 5.91 Å². The maximum atomic E-state index is 12.4. The van der Waals surface area contributed by atoms with E-state index in [2.05, 4.69) is 22.5 Å². The van der Waals surface area contributed by atoms with Crippen LogP contribution < -0.4 is 10.6 Å². The molecule has 136 valence electrons. The highest BCUT2D eigenvalue weighted by molar-refractivity contribution is 5.85. The molecule has 0 aromatic heterocycles. The van der Waals surface area contributed by atoms with Gasteiger partial charge in [0.15, 0.2) is 0 Å². The Balaban J connectivity index is 0.00000264. The van der Waals surface area contributed by atoms with Gasteiger partial charge in [0.05, 0.1) is 0 Å². The van der Waals surface area contributed by atoms with Crippen LogP contribution in [-0.2, 0) is 9.53 Å². The largest absolute Gasteiger partial charge is 0.382 e. The molecule has 2 aliphatic rings. The zero-order chi connectivity index (χ0) is 15.8. The number of ether oxygens (including phenoxy) is 1. The molecule has 0 spiro atoms. The molecule has 0 aromatic carbocycles. The van der Waals surface area contributed by atoms with Gasteiger partial charge in [-0.15, -0.1) is 12.4 Å². The number of likely N-dealkylation sites (tertiary alicyclic amines) is 1. The quantitative estimate of drug-likeness (QED) is 0.688. The van der Waals surface area contributed by atoms with Crippen molar-refractivity contribution in [2.45, 2.75) is 45.6 Å². The van der Waals surface area contributed by atoms with Crippen molar-refractivity contribution in [1.82, 2.24) is 15.5 Å². The van der Waals surface area contributed by atoms with Gasteiger partial charge in [0.1, 0.15) is 0 Å². The summed E-state index contributed by atoms with van der Waals surface area (Å²) in [5.74, 6) is 1.03. The molecule has 0 radical (unpaired) electrons. The molecule has 2 saturated heterocycles. The molecule has 0 aromatic rings. The van der Waals surface area contributed by atoms with Crippen molar-refractivity contribution in [3.8, 4) is 0 Å². The number of rotatable bonds is 7. The molecule has 0 aliphatic carbocycles. The van der Waals surface area contributed by atoms with Gasteiger partial charge in [-0.3, -0.25) is 4.79 Å². The number of nitrogens with zero attached hydrogens (tertiary/aromatic N) is 1. The van der Waals surface area contributed by atoms with Crippen molar-refractivity contribution < 1.29 is 9.53 Å². The first-order valence-corrected chi connectivity index (χ1v) is 9.02. The summed E-state index contributed by atoms with van der Waals surface area (Å²) in [6.45, 7) is 11.2. The smallest absolute Gasteiger partial charge is 0.223 e. The van der Waals surface area contributed by atoms with Crippen molar-refractivity contribution >= 4 is 18.3 Å². The van der Waals surface area contributed by atoms with E-state index in [1.54, 1.807) is 0 Å². The van der Waals surface area contributed by atoms with Crippen molar-refractivity contribution in [3.63, 3.8) is 0 Å². The van der Waals surface area contributed by atoms with Gasteiger partial charge in [-0.05, 0) is 51.6 Å². The van der Waals surface area contributed by atoms with Crippen LogP contribution in [0.3, 0.4) is 0 Å². The Hall–Kier alpha value is -0.360. The number of carbonyl (C=O) groups excluding carboxylic acids is 1. The Bertz CT molecular complexity index is 338. The van der Waals surface area contributed by atoms with Gasteiger partial charge in [0.25, 0.3) is 0 Å². The minimum atomic E-state index is 0. The molecule has 6 heteroatoms. The van der Waals surface area contributed by atoms with Crippen molar-refractivity contribution in [1.29, 1.82) is 0 Å². The summed E-state index contributed by atoms with van der Waals surface area (Å²) in [6.07, 6.45) is 4.14. The van der Waals surface area contributed by atoms with Crippen LogP contribution in [0, 0.1) is 11.8 Å². The van der Waals surface area contributed by atoms with E-state index in [1.165, 1.54) is 0 Å². The number of nitrogens with one attached hydrogen (secondary N) is 2. The fourth-order valence-corrected chi connectivity index (χ4v) is 3.57. The molecule has 5 nitrogen and oxygen atoms in total. The number of hydrogen-bond donors (Lipinski definition) is 2. The average molecular weight is 348 g/mol. The van der Waals surface area contributed by atoms with Crippen molar-refractivity contribution in [3.05, 3.63) is 0 Å². The third kappa shape index (κ3) is 6.96. The predicted molar refractivity (Wildman–Crippen MR) is 96.1 cm³/mol.